The highest BCUT2D eigenvalue weighted by Crippen LogP contribution is 2.36. The Morgan fingerprint density at radius 3 is 2.05 bits per heavy atom. The number of imide groups is 2. The van der Waals surface area contributed by atoms with Crippen molar-refractivity contribution in [2.75, 3.05) is 9.80 Å². The van der Waals surface area contributed by atoms with Crippen LogP contribution in [0.3, 0.4) is 0 Å². The van der Waals surface area contributed by atoms with E-state index in [9.17, 15) is 19.5 Å². The summed E-state index contributed by atoms with van der Waals surface area (Å²) in [5.74, 6) is -1.59. The van der Waals surface area contributed by atoms with Gasteiger partial charge in [0, 0.05) is 10.9 Å². The van der Waals surface area contributed by atoms with E-state index < -0.39 is 17.8 Å². The molecular weight excluding hydrogens is 476 g/mol. The molecule has 1 aliphatic rings. The second kappa shape index (κ2) is 9.01. The predicted molar refractivity (Wildman–Crippen MR) is 149 cm³/mol. The van der Waals surface area contributed by atoms with Gasteiger partial charge in [0.25, 0.3) is 11.8 Å². The Kier molecular flexibility index (Phi) is 5.50. The van der Waals surface area contributed by atoms with Crippen LogP contribution in [-0.4, -0.2) is 23.0 Å². The van der Waals surface area contributed by atoms with E-state index in [0.717, 1.165) is 26.1 Å². The molecule has 5 aromatic rings. The zero-order valence-electron chi connectivity index (χ0n) is 20.5. The molecular formula is C32H22N2O4. The van der Waals surface area contributed by atoms with E-state index in [1.165, 1.54) is 12.1 Å². The number of benzene rings is 5. The lowest BCUT2D eigenvalue weighted by molar-refractivity contribution is -0.121. The number of aromatic hydroxyl groups is 1. The highest BCUT2D eigenvalue weighted by molar-refractivity contribution is 6.47. The molecule has 0 spiro atoms. The monoisotopic (exact) mass is 498 g/mol. The van der Waals surface area contributed by atoms with E-state index in [0.29, 0.717) is 27.7 Å². The van der Waals surface area contributed by atoms with Crippen LogP contribution in [-0.2, 0) is 9.59 Å². The second-order valence-corrected chi connectivity index (χ2v) is 9.18. The average Bonchev–Trinajstić information content (AvgIpc) is 2.92. The quantitative estimate of drug-likeness (QED) is 0.225. The maximum absolute atomic E-state index is 14.0. The smallest absolute Gasteiger partial charge is 0.343 e. The first-order valence-electron chi connectivity index (χ1n) is 12.1. The third-order valence-corrected chi connectivity index (χ3v) is 6.75. The number of rotatable bonds is 3. The highest BCUT2D eigenvalue weighted by atomic mass is 16.3. The number of hydrogen-bond acceptors (Lipinski definition) is 4. The molecule has 1 saturated heterocycles. The molecule has 0 aromatic heterocycles. The van der Waals surface area contributed by atoms with Gasteiger partial charge < -0.3 is 5.11 Å². The molecule has 6 heteroatoms. The lowest BCUT2D eigenvalue weighted by Crippen LogP contribution is -2.57. The predicted octanol–water partition coefficient (Wildman–Crippen LogP) is 6.59. The minimum Gasteiger partial charge on any atom is -0.507 e. The van der Waals surface area contributed by atoms with Gasteiger partial charge in [-0.1, -0.05) is 78.9 Å². The average molecular weight is 499 g/mol. The molecule has 0 saturated carbocycles. The summed E-state index contributed by atoms with van der Waals surface area (Å²) in [4.78, 5) is 43.8. The van der Waals surface area contributed by atoms with Crippen molar-refractivity contribution in [3.05, 3.63) is 120 Å². The van der Waals surface area contributed by atoms with Gasteiger partial charge >= 0.3 is 6.03 Å². The first-order valence-corrected chi connectivity index (χ1v) is 12.1. The maximum Gasteiger partial charge on any atom is 0.343 e. The van der Waals surface area contributed by atoms with Gasteiger partial charge in [-0.25, -0.2) is 14.6 Å². The number of aryl methyl sites for hydroxylation is 1. The minimum atomic E-state index is -0.763. The third-order valence-electron chi connectivity index (χ3n) is 6.75. The summed E-state index contributed by atoms with van der Waals surface area (Å²) in [5, 5.41) is 13.8. The molecule has 5 aromatic carbocycles. The summed E-state index contributed by atoms with van der Waals surface area (Å²) in [6.45, 7) is 1.86. The molecule has 1 fully saturated rings. The Balaban J connectivity index is 1.61. The number of fused-ring (bicyclic) bond motifs is 2. The molecule has 0 bridgehead atoms. The summed E-state index contributed by atoms with van der Waals surface area (Å²) >= 11 is 0. The van der Waals surface area contributed by atoms with Crippen LogP contribution in [0.15, 0.2) is 109 Å². The summed E-state index contributed by atoms with van der Waals surface area (Å²) in [5.41, 5.74) is 1.68. The molecule has 38 heavy (non-hydrogen) atoms. The van der Waals surface area contributed by atoms with Gasteiger partial charge in [-0.15, -0.1) is 0 Å². The van der Waals surface area contributed by atoms with E-state index in [4.69, 9.17) is 0 Å². The van der Waals surface area contributed by atoms with Crippen molar-refractivity contribution >= 4 is 56.8 Å². The Morgan fingerprint density at radius 1 is 0.658 bits per heavy atom. The standard InChI is InChI=1S/C32H22N2O4/c1-20-8-6-12-23(18-20)33-30(36)27(19-26-24-13-4-2-10-22(24)16-17-29(26)35)31(37)34(32(33)38)28-15-7-11-21-9-3-5-14-25(21)28/h2-19,35H,1H3/b27-19+. The number of barbiturate groups is 1. The van der Waals surface area contributed by atoms with Crippen LogP contribution in [0.4, 0.5) is 16.2 Å². The second-order valence-electron chi connectivity index (χ2n) is 9.18. The number of phenols is 1. The normalized spacial score (nSPS) is 15.2. The van der Waals surface area contributed by atoms with Crippen LogP contribution in [0.5, 0.6) is 5.75 Å². The lowest BCUT2D eigenvalue weighted by atomic mass is 9.98. The van der Waals surface area contributed by atoms with Gasteiger partial charge in [0.2, 0.25) is 0 Å². The van der Waals surface area contributed by atoms with E-state index in [-0.39, 0.29) is 11.3 Å². The van der Waals surface area contributed by atoms with Crippen LogP contribution in [0.25, 0.3) is 27.6 Å². The molecule has 1 N–H and O–H groups in total. The van der Waals surface area contributed by atoms with Crippen molar-refractivity contribution in [1.82, 2.24) is 0 Å². The number of carbonyl (C=O) groups is 3. The van der Waals surface area contributed by atoms with Crippen LogP contribution < -0.4 is 9.80 Å². The molecule has 0 aliphatic carbocycles. The van der Waals surface area contributed by atoms with Gasteiger partial charge in [-0.05, 0) is 59.0 Å². The number of urea groups is 1. The molecule has 184 valence electrons. The molecule has 6 nitrogen and oxygen atoms in total. The maximum atomic E-state index is 14.0. The number of phenolic OH excluding ortho intramolecular Hbond substituents is 1. The fourth-order valence-corrected chi connectivity index (χ4v) is 4.92. The van der Waals surface area contributed by atoms with Crippen molar-refractivity contribution in [3.63, 3.8) is 0 Å². The summed E-state index contributed by atoms with van der Waals surface area (Å²) in [6.07, 6.45) is 1.38. The number of anilines is 2. The fourth-order valence-electron chi connectivity index (χ4n) is 4.92. The van der Waals surface area contributed by atoms with Crippen molar-refractivity contribution in [1.29, 1.82) is 0 Å². The topological polar surface area (TPSA) is 77.9 Å². The van der Waals surface area contributed by atoms with Gasteiger partial charge in [0.05, 0.1) is 11.4 Å². The molecule has 0 radical (unpaired) electrons. The van der Waals surface area contributed by atoms with Crippen molar-refractivity contribution in [3.8, 4) is 5.75 Å². The van der Waals surface area contributed by atoms with Gasteiger partial charge in [-0.3, -0.25) is 9.59 Å². The van der Waals surface area contributed by atoms with E-state index in [1.807, 2.05) is 67.6 Å². The van der Waals surface area contributed by atoms with Crippen LogP contribution in [0, 0.1) is 6.92 Å². The zero-order chi connectivity index (χ0) is 26.4. The van der Waals surface area contributed by atoms with Crippen molar-refractivity contribution in [2.45, 2.75) is 6.92 Å². The van der Waals surface area contributed by atoms with Crippen LogP contribution in [0.1, 0.15) is 11.1 Å². The zero-order valence-corrected chi connectivity index (χ0v) is 20.5. The van der Waals surface area contributed by atoms with E-state index in [1.54, 1.807) is 36.4 Å². The van der Waals surface area contributed by atoms with Crippen LogP contribution >= 0.6 is 0 Å². The SMILES string of the molecule is Cc1cccc(N2C(=O)/C(=C\c3c(O)ccc4ccccc34)C(=O)N(c3cccc4ccccc34)C2=O)c1. The molecule has 0 atom stereocenters. The van der Waals surface area contributed by atoms with E-state index in [2.05, 4.69) is 0 Å². The Morgan fingerprint density at radius 2 is 1.29 bits per heavy atom. The number of amides is 4. The largest absolute Gasteiger partial charge is 0.507 e. The summed E-state index contributed by atoms with van der Waals surface area (Å²) < 4.78 is 0. The minimum absolute atomic E-state index is 0.0764. The molecule has 4 amide bonds. The summed E-state index contributed by atoms with van der Waals surface area (Å²) in [6, 6.07) is 29.7. The molecule has 1 aliphatic heterocycles. The lowest BCUT2D eigenvalue weighted by Gasteiger charge is -2.34. The van der Waals surface area contributed by atoms with Gasteiger partial charge in [-0.2, -0.15) is 0 Å². The Hall–Kier alpha value is -5.23. The number of carbonyl (C=O) groups excluding carboxylic acids is 3. The van der Waals surface area contributed by atoms with E-state index >= 15 is 0 Å². The third kappa shape index (κ3) is 3.71. The Labute approximate surface area is 218 Å². The summed E-state index contributed by atoms with van der Waals surface area (Å²) in [7, 11) is 0. The van der Waals surface area contributed by atoms with Crippen LogP contribution in [0.2, 0.25) is 0 Å². The highest BCUT2D eigenvalue weighted by Gasteiger charge is 2.44. The first-order chi connectivity index (χ1) is 18.4. The fraction of sp³-hybridized carbons (Fsp3) is 0.0312. The molecule has 0 unspecified atom stereocenters. The van der Waals surface area contributed by atoms with Crippen molar-refractivity contribution < 1.29 is 19.5 Å². The molecule has 1 heterocycles. The van der Waals surface area contributed by atoms with Crippen molar-refractivity contribution in [2.24, 2.45) is 0 Å². The molecule has 6 rings (SSSR count). The van der Waals surface area contributed by atoms with Gasteiger partial charge in [0.1, 0.15) is 11.3 Å². The Bertz CT molecular complexity index is 1820. The first kappa shape index (κ1) is 23.2. The number of nitrogens with zero attached hydrogens (tertiary/aromatic N) is 2. The van der Waals surface area contributed by atoms with Gasteiger partial charge in [0.15, 0.2) is 0 Å². The number of hydrogen-bond donors (Lipinski definition) is 1.